The molecule has 0 bridgehead atoms. The third-order valence-corrected chi connectivity index (χ3v) is 5.22. The average Bonchev–Trinajstić information content (AvgIpc) is 3.23. The molecule has 1 aliphatic heterocycles. The number of piperidine rings is 1. The van der Waals surface area contributed by atoms with E-state index in [9.17, 15) is 9.59 Å². The quantitative estimate of drug-likeness (QED) is 0.813. The zero-order valence-electron chi connectivity index (χ0n) is 15.9. The molecule has 27 heavy (non-hydrogen) atoms. The van der Waals surface area contributed by atoms with Crippen molar-refractivity contribution in [2.24, 2.45) is 0 Å². The summed E-state index contributed by atoms with van der Waals surface area (Å²) in [6.07, 6.45) is 5.01. The number of benzene rings is 1. The van der Waals surface area contributed by atoms with Gasteiger partial charge in [0.15, 0.2) is 0 Å². The molecule has 2 amide bonds. The van der Waals surface area contributed by atoms with Crippen LogP contribution in [0.1, 0.15) is 49.8 Å². The Kier molecular flexibility index (Phi) is 6.69. The highest BCUT2D eigenvalue weighted by Crippen LogP contribution is 2.25. The van der Waals surface area contributed by atoms with Gasteiger partial charge in [-0.3, -0.25) is 9.59 Å². The molecule has 0 aliphatic carbocycles. The van der Waals surface area contributed by atoms with Crippen LogP contribution in [0.25, 0.3) is 0 Å². The van der Waals surface area contributed by atoms with E-state index in [4.69, 9.17) is 4.42 Å². The van der Waals surface area contributed by atoms with E-state index in [2.05, 4.69) is 17.4 Å². The van der Waals surface area contributed by atoms with Crippen LogP contribution in [-0.4, -0.2) is 35.8 Å². The van der Waals surface area contributed by atoms with Crippen LogP contribution in [0.4, 0.5) is 0 Å². The second-order valence-electron chi connectivity index (χ2n) is 7.18. The fourth-order valence-corrected chi connectivity index (χ4v) is 3.70. The molecule has 1 aliphatic rings. The summed E-state index contributed by atoms with van der Waals surface area (Å²) in [6.45, 7) is 3.34. The average molecular weight is 368 g/mol. The van der Waals surface area contributed by atoms with Gasteiger partial charge in [-0.05, 0) is 37.0 Å². The molecule has 1 saturated heterocycles. The summed E-state index contributed by atoms with van der Waals surface area (Å²) < 4.78 is 5.59. The van der Waals surface area contributed by atoms with E-state index >= 15 is 0 Å². The Morgan fingerprint density at radius 2 is 1.89 bits per heavy atom. The fraction of sp³-hybridized carbons (Fsp3) is 0.455. The fourth-order valence-electron chi connectivity index (χ4n) is 3.70. The molecular weight excluding hydrogens is 340 g/mol. The number of amides is 2. The number of nitrogens with zero attached hydrogens (tertiary/aromatic N) is 1. The predicted octanol–water partition coefficient (Wildman–Crippen LogP) is 3.51. The number of carbonyl (C=O) groups excluding carboxylic acids is 2. The second-order valence-corrected chi connectivity index (χ2v) is 7.18. The molecule has 2 aromatic rings. The Labute approximate surface area is 160 Å². The first-order valence-corrected chi connectivity index (χ1v) is 9.80. The molecule has 2 heterocycles. The molecule has 1 aromatic carbocycles. The highest BCUT2D eigenvalue weighted by Gasteiger charge is 2.25. The summed E-state index contributed by atoms with van der Waals surface area (Å²) in [7, 11) is 0. The summed E-state index contributed by atoms with van der Waals surface area (Å²) in [5.41, 5.74) is 1.19. The predicted molar refractivity (Wildman–Crippen MR) is 104 cm³/mol. The second kappa shape index (κ2) is 9.40. The lowest BCUT2D eigenvalue weighted by molar-refractivity contribution is -0.132. The summed E-state index contributed by atoms with van der Waals surface area (Å²) in [5, 5.41) is 3.16. The first-order chi connectivity index (χ1) is 13.2. The minimum absolute atomic E-state index is 0.0177. The largest absolute Gasteiger partial charge is 0.469 e. The van der Waals surface area contributed by atoms with Gasteiger partial charge in [0.25, 0.3) is 0 Å². The van der Waals surface area contributed by atoms with Gasteiger partial charge in [-0.15, -0.1) is 0 Å². The first kappa shape index (κ1) is 19.2. The van der Waals surface area contributed by atoms with Crippen molar-refractivity contribution in [1.29, 1.82) is 0 Å². The lowest BCUT2D eigenvalue weighted by Crippen LogP contribution is -2.46. The summed E-state index contributed by atoms with van der Waals surface area (Å²) in [5.74, 6) is 1.11. The van der Waals surface area contributed by atoms with E-state index < -0.39 is 0 Å². The zero-order chi connectivity index (χ0) is 19.1. The molecule has 1 aromatic heterocycles. The van der Waals surface area contributed by atoms with E-state index in [1.807, 2.05) is 42.2 Å². The van der Waals surface area contributed by atoms with E-state index in [0.717, 1.165) is 38.1 Å². The first-order valence-electron chi connectivity index (χ1n) is 9.80. The molecule has 144 valence electrons. The molecule has 0 radical (unpaired) electrons. The van der Waals surface area contributed by atoms with E-state index in [-0.39, 0.29) is 23.8 Å². The van der Waals surface area contributed by atoms with Crippen molar-refractivity contribution < 1.29 is 14.0 Å². The number of hydrogen-bond donors (Lipinski definition) is 1. The van der Waals surface area contributed by atoms with Crippen LogP contribution in [0.3, 0.4) is 0 Å². The molecule has 0 saturated carbocycles. The summed E-state index contributed by atoms with van der Waals surface area (Å²) in [6, 6.07) is 14.1. The van der Waals surface area contributed by atoms with Crippen molar-refractivity contribution in [3.8, 4) is 0 Å². The number of likely N-dealkylation sites (tertiary alicyclic amines) is 1. The summed E-state index contributed by atoms with van der Waals surface area (Å²) >= 11 is 0. The van der Waals surface area contributed by atoms with Gasteiger partial charge < -0.3 is 14.6 Å². The highest BCUT2D eigenvalue weighted by molar-refractivity contribution is 5.77. The Balaban J connectivity index is 1.55. The van der Waals surface area contributed by atoms with Gasteiger partial charge in [0, 0.05) is 37.9 Å². The van der Waals surface area contributed by atoms with Gasteiger partial charge >= 0.3 is 0 Å². The Morgan fingerprint density at radius 1 is 1.15 bits per heavy atom. The number of furan rings is 1. The third kappa shape index (κ3) is 5.46. The third-order valence-electron chi connectivity index (χ3n) is 5.22. The maximum absolute atomic E-state index is 12.6. The Hall–Kier alpha value is -2.56. The number of carbonyl (C=O) groups is 2. The molecule has 5 heteroatoms. The molecule has 3 rings (SSSR count). The molecule has 1 N–H and O–H groups in total. The Morgan fingerprint density at radius 3 is 2.52 bits per heavy atom. The highest BCUT2D eigenvalue weighted by atomic mass is 16.3. The van der Waals surface area contributed by atoms with Crippen LogP contribution in [-0.2, 0) is 16.0 Å². The molecule has 0 spiro atoms. The summed E-state index contributed by atoms with van der Waals surface area (Å²) in [4.78, 5) is 26.3. The minimum atomic E-state index is 0.0177. The van der Waals surface area contributed by atoms with E-state index in [1.165, 1.54) is 5.56 Å². The van der Waals surface area contributed by atoms with Gasteiger partial charge in [-0.2, -0.15) is 0 Å². The standard InChI is InChI=1S/C22H28N2O3/c1-2-22(26)24-12-10-19(11-13-24)23-21(25)16-18(20-9-6-14-27-20)15-17-7-4-3-5-8-17/h3-9,14,18-19H,2,10-13,15-16H2,1H3,(H,23,25)/t18-/m1/s1. The molecule has 5 nitrogen and oxygen atoms in total. The monoisotopic (exact) mass is 368 g/mol. The van der Waals surface area contributed by atoms with Crippen LogP contribution < -0.4 is 5.32 Å². The smallest absolute Gasteiger partial charge is 0.222 e. The van der Waals surface area contributed by atoms with Crippen molar-refractivity contribution in [2.45, 2.75) is 51.0 Å². The van der Waals surface area contributed by atoms with Gasteiger partial charge in [0.1, 0.15) is 5.76 Å². The lowest BCUT2D eigenvalue weighted by Gasteiger charge is -2.32. The number of rotatable bonds is 7. The van der Waals surface area contributed by atoms with Crippen molar-refractivity contribution in [3.63, 3.8) is 0 Å². The van der Waals surface area contributed by atoms with Crippen molar-refractivity contribution in [1.82, 2.24) is 10.2 Å². The molecule has 0 unspecified atom stereocenters. The minimum Gasteiger partial charge on any atom is -0.469 e. The van der Waals surface area contributed by atoms with Crippen molar-refractivity contribution in [2.75, 3.05) is 13.1 Å². The van der Waals surface area contributed by atoms with Crippen LogP contribution in [0.2, 0.25) is 0 Å². The Bertz CT molecular complexity index is 719. The van der Waals surface area contributed by atoms with Gasteiger partial charge in [-0.25, -0.2) is 0 Å². The maximum Gasteiger partial charge on any atom is 0.222 e. The number of hydrogen-bond acceptors (Lipinski definition) is 3. The SMILES string of the molecule is CCC(=O)N1CCC(NC(=O)C[C@@H](Cc2ccccc2)c2ccco2)CC1. The zero-order valence-corrected chi connectivity index (χ0v) is 15.9. The lowest BCUT2D eigenvalue weighted by atomic mass is 9.93. The molecular formula is C22H28N2O3. The molecule has 1 atom stereocenters. The molecule has 1 fully saturated rings. The van der Waals surface area contributed by atoms with Gasteiger partial charge in [0.2, 0.25) is 11.8 Å². The topological polar surface area (TPSA) is 62.6 Å². The van der Waals surface area contributed by atoms with E-state index in [0.29, 0.717) is 12.8 Å². The van der Waals surface area contributed by atoms with Gasteiger partial charge in [-0.1, -0.05) is 37.3 Å². The van der Waals surface area contributed by atoms with Crippen molar-refractivity contribution >= 4 is 11.8 Å². The van der Waals surface area contributed by atoms with Gasteiger partial charge in [0.05, 0.1) is 6.26 Å². The van der Waals surface area contributed by atoms with Crippen LogP contribution in [0, 0.1) is 0 Å². The van der Waals surface area contributed by atoms with Crippen LogP contribution >= 0.6 is 0 Å². The van der Waals surface area contributed by atoms with Crippen LogP contribution in [0.15, 0.2) is 53.1 Å². The number of nitrogens with one attached hydrogen (secondary N) is 1. The normalized spacial score (nSPS) is 16.1. The van der Waals surface area contributed by atoms with E-state index in [1.54, 1.807) is 6.26 Å². The van der Waals surface area contributed by atoms with Crippen LogP contribution in [0.5, 0.6) is 0 Å². The maximum atomic E-state index is 12.6. The van der Waals surface area contributed by atoms with Crippen molar-refractivity contribution in [3.05, 3.63) is 60.1 Å².